The molecule has 0 aromatic carbocycles. The van der Waals surface area contributed by atoms with Crippen LogP contribution in [0.2, 0.25) is 18.1 Å². The minimum atomic E-state index is -1.98. The lowest BCUT2D eigenvalue weighted by Gasteiger charge is -2.59. The predicted octanol–water partition coefficient (Wildman–Crippen LogP) is 7.66. The first-order chi connectivity index (χ1) is 16.6. The van der Waals surface area contributed by atoms with Crippen LogP contribution in [0.1, 0.15) is 87.0 Å². The number of hydrogen-bond acceptors (Lipinski definition) is 4. The lowest BCUT2D eigenvalue weighted by molar-refractivity contribution is -0.00482. The van der Waals surface area contributed by atoms with Gasteiger partial charge in [-0.3, -0.25) is 0 Å². The van der Waals surface area contributed by atoms with Gasteiger partial charge in [0.05, 0.1) is 18.3 Å². The van der Waals surface area contributed by atoms with E-state index < -0.39 is 13.9 Å². The fourth-order valence-corrected chi connectivity index (χ4v) is 10.1. The summed E-state index contributed by atoms with van der Waals surface area (Å²) in [6.45, 7) is 20.8. The quantitative estimate of drug-likeness (QED) is 0.261. The van der Waals surface area contributed by atoms with Crippen LogP contribution >= 0.6 is 11.8 Å². The number of hydrogen-bond donors (Lipinski definition) is 2. The Morgan fingerprint density at radius 1 is 1.14 bits per heavy atom. The summed E-state index contributed by atoms with van der Waals surface area (Å²) in [6.07, 6.45) is 14.7. The van der Waals surface area contributed by atoms with Gasteiger partial charge in [0.15, 0.2) is 8.32 Å². The SMILES string of the molecule is CCC1=CC[C@H]2C3=CC=C4CC(SCC(C)(O)CO)CC(O[Si](C)(C)C(C)(C)C)[C@]4(C)[C@H]3CC[C@]12C. The van der Waals surface area contributed by atoms with Crippen LogP contribution in [0.4, 0.5) is 0 Å². The summed E-state index contributed by atoms with van der Waals surface area (Å²) < 4.78 is 7.36. The molecule has 7 atom stereocenters. The van der Waals surface area contributed by atoms with E-state index in [9.17, 15) is 10.2 Å². The van der Waals surface area contributed by atoms with E-state index in [1.165, 1.54) is 25.7 Å². The molecule has 5 heteroatoms. The summed E-state index contributed by atoms with van der Waals surface area (Å²) in [5.41, 5.74) is 4.25. The Kier molecular flexibility index (Phi) is 7.72. The molecule has 0 heterocycles. The summed E-state index contributed by atoms with van der Waals surface area (Å²) >= 11 is 1.82. The monoisotopic (exact) mass is 532 g/mol. The van der Waals surface area contributed by atoms with Crippen molar-refractivity contribution in [2.75, 3.05) is 12.4 Å². The topological polar surface area (TPSA) is 49.7 Å². The molecule has 0 aromatic rings. The van der Waals surface area contributed by atoms with Crippen molar-refractivity contribution in [1.29, 1.82) is 0 Å². The molecule has 0 aliphatic heterocycles. The van der Waals surface area contributed by atoms with Crippen LogP contribution in [0, 0.1) is 22.7 Å². The number of thioether (sulfide) groups is 1. The summed E-state index contributed by atoms with van der Waals surface area (Å²) in [5, 5.41) is 20.6. The van der Waals surface area contributed by atoms with E-state index in [4.69, 9.17) is 4.43 Å². The molecule has 4 aliphatic carbocycles. The molecule has 2 fully saturated rings. The average molecular weight is 533 g/mol. The molecule has 204 valence electrons. The first-order valence-electron chi connectivity index (χ1n) is 14.3. The third-order valence-corrected chi connectivity index (χ3v) is 17.0. The van der Waals surface area contributed by atoms with E-state index in [1.54, 1.807) is 23.6 Å². The van der Waals surface area contributed by atoms with Crippen molar-refractivity contribution in [2.24, 2.45) is 22.7 Å². The van der Waals surface area contributed by atoms with Crippen LogP contribution in [0.25, 0.3) is 0 Å². The second kappa shape index (κ2) is 9.69. The zero-order chi connectivity index (χ0) is 26.7. The van der Waals surface area contributed by atoms with Crippen molar-refractivity contribution in [1.82, 2.24) is 0 Å². The smallest absolute Gasteiger partial charge is 0.192 e. The molecule has 3 nitrogen and oxygen atoms in total. The fourth-order valence-electron chi connectivity index (χ4n) is 7.40. The average Bonchev–Trinajstić information content (AvgIpc) is 3.14. The van der Waals surface area contributed by atoms with Gasteiger partial charge in [-0.25, -0.2) is 0 Å². The molecule has 0 spiro atoms. The zero-order valence-corrected chi connectivity index (χ0v) is 26.2. The Morgan fingerprint density at radius 3 is 2.44 bits per heavy atom. The first-order valence-corrected chi connectivity index (χ1v) is 18.3. The largest absolute Gasteiger partial charge is 0.413 e. The maximum absolute atomic E-state index is 10.5. The van der Waals surface area contributed by atoms with Crippen LogP contribution in [-0.4, -0.2) is 47.8 Å². The second-order valence-electron chi connectivity index (χ2n) is 14.4. The van der Waals surface area contributed by atoms with Gasteiger partial charge in [-0.05, 0) is 80.8 Å². The summed E-state index contributed by atoms with van der Waals surface area (Å²) in [5.74, 6) is 1.75. The van der Waals surface area contributed by atoms with Crippen LogP contribution < -0.4 is 0 Å². The van der Waals surface area contributed by atoms with Crippen molar-refractivity contribution < 1.29 is 14.6 Å². The number of rotatable bonds is 7. The van der Waals surface area contributed by atoms with E-state index in [2.05, 4.69) is 72.9 Å². The van der Waals surface area contributed by atoms with Gasteiger partial charge < -0.3 is 14.6 Å². The van der Waals surface area contributed by atoms with Gasteiger partial charge in [0.2, 0.25) is 0 Å². The van der Waals surface area contributed by atoms with Gasteiger partial charge in [0, 0.05) is 16.4 Å². The van der Waals surface area contributed by atoms with Crippen LogP contribution in [0.3, 0.4) is 0 Å². The molecule has 0 amide bonds. The molecule has 0 radical (unpaired) electrons. The highest BCUT2D eigenvalue weighted by atomic mass is 32.2. The van der Waals surface area contributed by atoms with Gasteiger partial charge in [-0.1, -0.05) is 76.5 Å². The molecule has 2 N–H and O–H groups in total. The Morgan fingerprint density at radius 2 is 1.83 bits per heavy atom. The Bertz CT molecular complexity index is 942. The number of aliphatic hydroxyl groups excluding tert-OH is 1. The molecule has 3 unspecified atom stereocenters. The van der Waals surface area contributed by atoms with Crippen molar-refractivity contribution in [3.05, 3.63) is 34.9 Å². The van der Waals surface area contributed by atoms with Gasteiger partial charge in [0.1, 0.15) is 0 Å². The summed E-state index contributed by atoms with van der Waals surface area (Å²) in [4.78, 5) is 0. The Hall–Kier alpha value is -0.333. The fraction of sp³-hybridized carbons (Fsp3) is 0.806. The lowest BCUT2D eigenvalue weighted by atomic mass is 9.50. The van der Waals surface area contributed by atoms with Crippen molar-refractivity contribution in [3.63, 3.8) is 0 Å². The normalized spacial score (nSPS) is 38.2. The molecule has 0 bridgehead atoms. The Labute approximate surface area is 226 Å². The molecule has 36 heavy (non-hydrogen) atoms. The van der Waals surface area contributed by atoms with Crippen molar-refractivity contribution in [2.45, 2.75) is 122 Å². The molecule has 4 rings (SSSR count). The van der Waals surface area contributed by atoms with Crippen molar-refractivity contribution >= 4 is 20.1 Å². The highest BCUT2D eigenvalue weighted by molar-refractivity contribution is 8.00. The molecule has 2 saturated carbocycles. The van der Waals surface area contributed by atoms with Gasteiger partial charge in [-0.2, -0.15) is 11.8 Å². The number of aliphatic hydroxyl groups is 2. The van der Waals surface area contributed by atoms with Crippen molar-refractivity contribution in [3.8, 4) is 0 Å². The molecule has 0 saturated heterocycles. The highest BCUT2D eigenvalue weighted by Gasteiger charge is 2.58. The van der Waals surface area contributed by atoms with E-state index in [0.29, 0.717) is 28.3 Å². The van der Waals surface area contributed by atoms with Gasteiger partial charge in [0.25, 0.3) is 0 Å². The van der Waals surface area contributed by atoms with Crippen LogP contribution in [0.15, 0.2) is 34.9 Å². The third-order valence-electron chi connectivity index (χ3n) is 10.9. The van der Waals surface area contributed by atoms with E-state index in [0.717, 1.165) is 12.8 Å². The van der Waals surface area contributed by atoms with E-state index in [1.807, 2.05) is 11.8 Å². The van der Waals surface area contributed by atoms with Gasteiger partial charge >= 0.3 is 0 Å². The molecular formula is C31H52O3SSi. The predicted molar refractivity (Wildman–Crippen MR) is 157 cm³/mol. The van der Waals surface area contributed by atoms with Crippen LogP contribution in [0.5, 0.6) is 0 Å². The number of allylic oxidation sites excluding steroid dienone is 5. The maximum atomic E-state index is 10.5. The Balaban J connectivity index is 1.69. The van der Waals surface area contributed by atoms with Crippen LogP contribution in [-0.2, 0) is 4.43 Å². The standard InChI is InChI=1S/C31H52O3SSi/c1-10-21-12-14-25-24-13-11-22-17-23(35-20-29(5,33)19-32)18-27(34-36(8,9)28(2,3)4)31(22,7)26(24)15-16-30(21,25)6/h11-13,23,25-27,32-33H,10,14-20H2,1-9H3/t23?,25-,26-,27?,29?,30+,31-/m0/s1. The lowest BCUT2D eigenvalue weighted by Crippen LogP contribution is -2.56. The highest BCUT2D eigenvalue weighted by Crippen LogP contribution is 2.65. The first kappa shape index (κ1) is 28.7. The molecular weight excluding hydrogens is 480 g/mol. The zero-order valence-electron chi connectivity index (χ0n) is 24.4. The molecule has 0 aromatic heterocycles. The minimum absolute atomic E-state index is 0.0342. The summed E-state index contributed by atoms with van der Waals surface area (Å²) in [7, 11) is -1.98. The molecule has 4 aliphatic rings. The third kappa shape index (κ3) is 4.78. The second-order valence-corrected chi connectivity index (χ2v) is 20.5. The summed E-state index contributed by atoms with van der Waals surface area (Å²) in [6, 6.07) is 0. The number of fused-ring (bicyclic) bond motifs is 5. The van der Waals surface area contributed by atoms with E-state index >= 15 is 0 Å². The van der Waals surface area contributed by atoms with Gasteiger partial charge in [-0.15, -0.1) is 0 Å². The van der Waals surface area contributed by atoms with E-state index in [-0.39, 0.29) is 23.2 Å². The maximum Gasteiger partial charge on any atom is 0.192 e. The minimum Gasteiger partial charge on any atom is -0.413 e.